The summed E-state index contributed by atoms with van der Waals surface area (Å²) in [5.41, 5.74) is 3.23. The molecule has 0 bridgehead atoms. The van der Waals surface area contributed by atoms with E-state index in [0.29, 0.717) is 37.5 Å². The Morgan fingerprint density at radius 1 is 1.10 bits per heavy atom. The number of rotatable bonds is 13. The number of alkyl halides is 1. The minimum atomic E-state index is -1.23. The zero-order chi connectivity index (χ0) is 29.4. The minimum Gasteiger partial charge on any atom is -0.497 e. The fourth-order valence-electron chi connectivity index (χ4n) is 6.67. The number of carbonyl (C=O) groups is 1. The highest BCUT2D eigenvalue weighted by Crippen LogP contribution is 2.43. The van der Waals surface area contributed by atoms with E-state index in [0.717, 1.165) is 74.9 Å². The van der Waals surface area contributed by atoms with Gasteiger partial charge in [0.15, 0.2) is 0 Å². The van der Waals surface area contributed by atoms with Crippen LogP contribution < -0.4 is 4.74 Å². The number of halogens is 1. The number of aromatic nitrogens is 1. The third-order valence-electron chi connectivity index (χ3n) is 9.16. The number of hydrogen-bond donors (Lipinski definition) is 1. The van der Waals surface area contributed by atoms with Gasteiger partial charge >= 0.3 is 5.97 Å². The summed E-state index contributed by atoms with van der Waals surface area (Å²) in [4.78, 5) is 21.4. The van der Waals surface area contributed by atoms with Gasteiger partial charge in [0.1, 0.15) is 11.9 Å². The maximum absolute atomic E-state index is 16.5. The molecule has 2 aliphatic rings. The lowest BCUT2D eigenvalue weighted by molar-refractivity contribution is -0.141. The fraction of sp³-hybridized carbons (Fsp3) is 0.529. The molecule has 1 aromatic heterocycles. The van der Waals surface area contributed by atoms with Crippen LogP contribution in [-0.4, -0.2) is 78.9 Å². The number of ether oxygens (including phenoxy) is 2. The molecule has 0 radical (unpaired) electrons. The summed E-state index contributed by atoms with van der Waals surface area (Å²) in [6.07, 6.45) is 5.18. The average molecular weight is 578 g/mol. The van der Waals surface area contributed by atoms with Gasteiger partial charge in [-0.3, -0.25) is 14.7 Å². The van der Waals surface area contributed by atoms with Crippen LogP contribution in [0.4, 0.5) is 4.39 Å². The molecule has 2 aromatic carbocycles. The van der Waals surface area contributed by atoms with Crippen LogP contribution in [0.25, 0.3) is 10.9 Å². The van der Waals surface area contributed by atoms with Crippen molar-refractivity contribution in [2.75, 3.05) is 53.0 Å². The number of carboxylic acids is 1. The van der Waals surface area contributed by atoms with E-state index in [-0.39, 0.29) is 12.8 Å². The number of carboxylic acid groups (broad SMARTS) is 1. The number of morpholine rings is 1. The first kappa shape index (κ1) is 30.4. The fourth-order valence-corrected chi connectivity index (χ4v) is 6.67. The molecule has 0 amide bonds. The highest BCUT2D eigenvalue weighted by molar-refractivity contribution is 5.85. The lowest BCUT2D eigenvalue weighted by Crippen LogP contribution is -2.41. The van der Waals surface area contributed by atoms with Crippen LogP contribution in [0, 0.1) is 5.41 Å². The Morgan fingerprint density at radius 3 is 2.57 bits per heavy atom. The summed E-state index contributed by atoms with van der Waals surface area (Å²) in [7, 11) is 1.61. The Bertz CT molecular complexity index is 1310. The van der Waals surface area contributed by atoms with Crippen LogP contribution >= 0.6 is 0 Å². The van der Waals surface area contributed by atoms with Crippen molar-refractivity contribution < 1.29 is 23.8 Å². The highest BCUT2D eigenvalue weighted by Gasteiger charge is 2.37. The molecule has 42 heavy (non-hydrogen) atoms. The molecule has 226 valence electrons. The van der Waals surface area contributed by atoms with Crippen LogP contribution in [-0.2, 0) is 22.5 Å². The third-order valence-corrected chi connectivity index (χ3v) is 9.16. The smallest absolute Gasteiger partial charge is 0.303 e. The number of fused-ring (bicyclic) bond motifs is 1. The molecule has 2 saturated heterocycles. The van der Waals surface area contributed by atoms with Crippen molar-refractivity contribution in [2.45, 2.75) is 57.7 Å². The zero-order valence-electron chi connectivity index (χ0n) is 24.8. The normalized spacial score (nSPS) is 18.6. The van der Waals surface area contributed by atoms with Gasteiger partial charge in [-0.2, -0.15) is 0 Å². The topological polar surface area (TPSA) is 75.1 Å². The van der Waals surface area contributed by atoms with Crippen LogP contribution in [0.5, 0.6) is 5.75 Å². The molecule has 7 nitrogen and oxygen atoms in total. The summed E-state index contributed by atoms with van der Waals surface area (Å²) in [5, 5.41) is 10.6. The van der Waals surface area contributed by atoms with Gasteiger partial charge in [0.05, 0.1) is 32.3 Å². The predicted octanol–water partition coefficient (Wildman–Crippen LogP) is 6.06. The quantitative estimate of drug-likeness (QED) is 0.265. The maximum Gasteiger partial charge on any atom is 0.303 e. The molecule has 5 rings (SSSR count). The Balaban J connectivity index is 1.28. The van der Waals surface area contributed by atoms with Gasteiger partial charge in [-0.15, -0.1) is 0 Å². The molecule has 1 N–H and O–H groups in total. The number of piperidine rings is 1. The molecule has 0 spiro atoms. The second-order valence-electron chi connectivity index (χ2n) is 12.0. The van der Waals surface area contributed by atoms with Gasteiger partial charge in [0, 0.05) is 36.8 Å². The van der Waals surface area contributed by atoms with Crippen LogP contribution in [0.2, 0.25) is 0 Å². The predicted molar refractivity (Wildman–Crippen MR) is 163 cm³/mol. The largest absolute Gasteiger partial charge is 0.497 e. The van der Waals surface area contributed by atoms with Crippen molar-refractivity contribution in [1.29, 1.82) is 0 Å². The lowest BCUT2D eigenvalue weighted by atomic mass is 9.71. The summed E-state index contributed by atoms with van der Waals surface area (Å²) in [6.45, 7) is 6.27. The summed E-state index contributed by atoms with van der Waals surface area (Å²) < 4.78 is 27.5. The second kappa shape index (κ2) is 14.4. The third kappa shape index (κ3) is 7.85. The Morgan fingerprint density at radius 2 is 1.86 bits per heavy atom. The molecule has 2 fully saturated rings. The maximum atomic E-state index is 16.5. The van der Waals surface area contributed by atoms with Crippen molar-refractivity contribution in [3.63, 3.8) is 0 Å². The van der Waals surface area contributed by atoms with Gasteiger partial charge in [0.25, 0.3) is 0 Å². The minimum absolute atomic E-state index is 0.0864. The molecule has 3 aromatic rings. The number of aryl methyl sites for hydroxylation is 1. The van der Waals surface area contributed by atoms with E-state index in [1.54, 1.807) is 7.11 Å². The van der Waals surface area contributed by atoms with Crippen molar-refractivity contribution in [1.82, 2.24) is 14.8 Å². The summed E-state index contributed by atoms with van der Waals surface area (Å²) in [6, 6.07) is 16.1. The van der Waals surface area contributed by atoms with E-state index in [1.165, 1.54) is 5.56 Å². The van der Waals surface area contributed by atoms with E-state index in [9.17, 15) is 9.90 Å². The molecule has 2 aliphatic heterocycles. The first-order valence-corrected chi connectivity index (χ1v) is 15.3. The van der Waals surface area contributed by atoms with Crippen LogP contribution in [0.1, 0.15) is 61.4 Å². The molecule has 1 atom stereocenters. The van der Waals surface area contributed by atoms with E-state index < -0.39 is 17.6 Å². The van der Waals surface area contributed by atoms with Crippen molar-refractivity contribution >= 4 is 16.9 Å². The number of methoxy groups -OCH3 is 1. The van der Waals surface area contributed by atoms with E-state index in [4.69, 9.17) is 9.47 Å². The second-order valence-corrected chi connectivity index (χ2v) is 12.0. The SMILES string of the molecule is COc1ccc2ncc(CN3CCOCC3)c(C(F)CCC3(CC(=O)O)CCN(CCCc4ccccc4)CC3)c2c1. The number of aliphatic carboxylic acids is 1. The molecule has 1 unspecified atom stereocenters. The number of nitrogens with zero attached hydrogens (tertiary/aromatic N) is 3. The van der Waals surface area contributed by atoms with Gasteiger partial charge in [-0.05, 0) is 92.9 Å². The Hall–Kier alpha value is -3.07. The van der Waals surface area contributed by atoms with Gasteiger partial charge in [-0.25, -0.2) is 4.39 Å². The average Bonchev–Trinajstić information content (AvgIpc) is 3.01. The Kier molecular flexibility index (Phi) is 10.4. The van der Waals surface area contributed by atoms with Crippen molar-refractivity contribution in [3.05, 3.63) is 71.4 Å². The number of benzene rings is 2. The zero-order valence-corrected chi connectivity index (χ0v) is 24.8. The summed E-state index contributed by atoms with van der Waals surface area (Å²) in [5.74, 6) is -0.127. The van der Waals surface area contributed by atoms with Crippen LogP contribution in [0.15, 0.2) is 54.7 Å². The first-order valence-electron chi connectivity index (χ1n) is 15.3. The molecular weight excluding hydrogens is 533 g/mol. The highest BCUT2D eigenvalue weighted by atomic mass is 19.1. The number of likely N-dealkylation sites (tertiary alicyclic amines) is 1. The Labute approximate surface area is 248 Å². The molecule has 0 saturated carbocycles. The van der Waals surface area contributed by atoms with Gasteiger partial charge in [0.2, 0.25) is 0 Å². The van der Waals surface area contributed by atoms with E-state index in [2.05, 4.69) is 39.0 Å². The summed E-state index contributed by atoms with van der Waals surface area (Å²) >= 11 is 0. The van der Waals surface area contributed by atoms with Crippen LogP contribution in [0.3, 0.4) is 0 Å². The first-order chi connectivity index (χ1) is 20.4. The number of pyridine rings is 1. The molecule has 3 heterocycles. The van der Waals surface area contributed by atoms with E-state index >= 15 is 4.39 Å². The van der Waals surface area contributed by atoms with E-state index in [1.807, 2.05) is 30.5 Å². The standard InChI is InChI=1S/C34H44FN3O4/c1-41-28-9-10-31-29(22-28)33(27(24-36-31)25-38-18-20-42-21-19-38)30(35)11-12-34(23-32(39)40)13-16-37(17-14-34)15-5-8-26-6-3-2-4-7-26/h2-4,6-7,9-10,22,24,30H,5,8,11-21,23,25H2,1H3,(H,39,40). The van der Waals surface area contributed by atoms with Crippen molar-refractivity contribution in [2.24, 2.45) is 5.41 Å². The number of hydrogen-bond acceptors (Lipinski definition) is 6. The van der Waals surface area contributed by atoms with Gasteiger partial charge in [-0.1, -0.05) is 30.3 Å². The molecular formula is C34H44FN3O4. The molecule has 0 aliphatic carbocycles. The lowest BCUT2D eigenvalue weighted by Gasteiger charge is -2.41. The molecule has 8 heteroatoms. The monoisotopic (exact) mass is 577 g/mol. The van der Waals surface area contributed by atoms with Gasteiger partial charge < -0.3 is 19.5 Å². The van der Waals surface area contributed by atoms with Crippen molar-refractivity contribution in [3.8, 4) is 5.75 Å².